The Bertz CT molecular complexity index is 379. The first-order chi connectivity index (χ1) is 7.08. The molecule has 0 spiro atoms. The predicted molar refractivity (Wildman–Crippen MR) is 63.2 cm³/mol. The molecule has 3 nitrogen and oxygen atoms in total. The fourth-order valence-electron chi connectivity index (χ4n) is 0.931. The summed E-state index contributed by atoms with van der Waals surface area (Å²) in [6.45, 7) is 1.71. The van der Waals surface area contributed by atoms with Gasteiger partial charge in [-0.25, -0.2) is 0 Å². The van der Waals surface area contributed by atoms with Crippen molar-refractivity contribution < 1.29 is 14.3 Å². The minimum Gasteiger partial charge on any atom is -0.424 e. The zero-order valence-corrected chi connectivity index (χ0v) is 11.1. The van der Waals surface area contributed by atoms with E-state index < -0.39 is 0 Å². The molecular formula is C10H8Br2O3. The fraction of sp³-hybridized carbons (Fsp3) is 0.200. The molecule has 0 saturated carbocycles. The first-order valence-corrected chi connectivity index (χ1v) is 5.82. The Morgan fingerprint density at radius 3 is 2.33 bits per heavy atom. The molecule has 1 rings (SSSR count). The fourth-order valence-corrected chi connectivity index (χ4v) is 2.31. The van der Waals surface area contributed by atoms with E-state index in [0.717, 1.165) is 6.29 Å². The van der Waals surface area contributed by atoms with Crippen LogP contribution in [0.3, 0.4) is 0 Å². The predicted octanol–water partition coefficient (Wildman–Crippen LogP) is 3.34. The van der Waals surface area contributed by atoms with Crippen LogP contribution < -0.4 is 4.74 Å². The van der Waals surface area contributed by atoms with Gasteiger partial charge in [0.1, 0.15) is 6.29 Å². The van der Waals surface area contributed by atoms with E-state index in [1.807, 2.05) is 0 Å². The van der Waals surface area contributed by atoms with E-state index >= 15 is 0 Å². The number of ether oxygens (including phenoxy) is 1. The molecule has 0 aromatic heterocycles. The first-order valence-electron chi connectivity index (χ1n) is 4.23. The van der Waals surface area contributed by atoms with Gasteiger partial charge in [0.25, 0.3) is 0 Å². The summed E-state index contributed by atoms with van der Waals surface area (Å²) >= 11 is 6.46. The number of carbonyl (C=O) groups excluding carboxylic acids is 2. The largest absolute Gasteiger partial charge is 0.424 e. The smallest absolute Gasteiger partial charge is 0.310 e. The number of carbonyl (C=O) groups is 2. The zero-order chi connectivity index (χ0) is 11.4. The van der Waals surface area contributed by atoms with E-state index in [2.05, 4.69) is 31.9 Å². The highest BCUT2D eigenvalue weighted by Crippen LogP contribution is 2.34. The van der Waals surface area contributed by atoms with Crippen LogP contribution in [0.4, 0.5) is 0 Å². The molecule has 0 saturated heterocycles. The van der Waals surface area contributed by atoms with E-state index in [1.54, 1.807) is 19.1 Å². The highest BCUT2D eigenvalue weighted by Gasteiger charge is 2.11. The Kier molecular flexibility index (Phi) is 4.47. The monoisotopic (exact) mass is 334 g/mol. The van der Waals surface area contributed by atoms with Gasteiger partial charge in [-0.15, -0.1) is 0 Å². The molecule has 0 heterocycles. The zero-order valence-electron chi connectivity index (χ0n) is 7.92. The second-order valence-electron chi connectivity index (χ2n) is 2.76. The SMILES string of the molecule is CCC(=O)Oc1c(Br)cc(C=O)cc1Br. The number of hydrogen-bond donors (Lipinski definition) is 0. The van der Waals surface area contributed by atoms with Crippen LogP contribution in [0.2, 0.25) is 0 Å². The average molecular weight is 336 g/mol. The van der Waals surface area contributed by atoms with Crippen LogP contribution >= 0.6 is 31.9 Å². The van der Waals surface area contributed by atoms with Gasteiger partial charge in [0.2, 0.25) is 0 Å². The second kappa shape index (κ2) is 5.42. The first kappa shape index (κ1) is 12.4. The van der Waals surface area contributed by atoms with Crippen LogP contribution in [0.5, 0.6) is 5.75 Å². The summed E-state index contributed by atoms with van der Waals surface area (Å²) in [5.41, 5.74) is 0.505. The van der Waals surface area contributed by atoms with Gasteiger partial charge in [0.05, 0.1) is 8.95 Å². The topological polar surface area (TPSA) is 43.4 Å². The van der Waals surface area contributed by atoms with Crippen LogP contribution in [0.15, 0.2) is 21.1 Å². The molecule has 0 amide bonds. The van der Waals surface area contributed by atoms with Gasteiger partial charge in [-0.2, -0.15) is 0 Å². The Labute approximate surface area is 104 Å². The molecule has 5 heteroatoms. The number of rotatable bonds is 3. The Morgan fingerprint density at radius 1 is 1.40 bits per heavy atom. The maximum absolute atomic E-state index is 11.1. The molecule has 0 bridgehead atoms. The summed E-state index contributed by atoms with van der Waals surface area (Å²) in [6, 6.07) is 3.19. The molecule has 1 aromatic rings. The van der Waals surface area contributed by atoms with Crippen LogP contribution in [0, 0.1) is 0 Å². The Morgan fingerprint density at radius 2 is 1.93 bits per heavy atom. The summed E-state index contributed by atoms with van der Waals surface area (Å²) in [5.74, 6) is 0.0719. The number of benzene rings is 1. The summed E-state index contributed by atoms with van der Waals surface area (Å²) in [7, 11) is 0. The van der Waals surface area contributed by atoms with Crippen molar-refractivity contribution in [2.45, 2.75) is 13.3 Å². The van der Waals surface area contributed by atoms with Crippen molar-refractivity contribution in [3.63, 3.8) is 0 Å². The van der Waals surface area contributed by atoms with E-state index in [-0.39, 0.29) is 5.97 Å². The van der Waals surface area contributed by atoms with Crippen LogP contribution in [0.1, 0.15) is 23.7 Å². The molecule has 0 atom stereocenters. The van der Waals surface area contributed by atoms with E-state index in [0.29, 0.717) is 26.7 Å². The van der Waals surface area contributed by atoms with Crippen LogP contribution in [0.25, 0.3) is 0 Å². The molecule has 80 valence electrons. The molecular weight excluding hydrogens is 328 g/mol. The summed E-state index contributed by atoms with van der Waals surface area (Å²) < 4.78 is 6.22. The maximum Gasteiger partial charge on any atom is 0.310 e. The molecule has 15 heavy (non-hydrogen) atoms. The van der Waals surface area contributed by atoms with Crippen molar-refractivity contribution in [1.82, 2.24) is 0 Å². The van der Waals surface area contributed by atoms with Gasteiger partial charge in [-0.1, -0.05) is 6.92 Å². The molecule has 0 unspecified atom stereocenters. The molecule has 0 N–H and O–H groups in total. The van der Waals surface area contributed by atoms with Crippen molar-refractivity contribution >= 4 is 44.1 Å². The van der Waals surface area contributed by atoms with Crippen molar-refractivity contribution in [2.24, 2.45) is 0 Å². The second-order valence-corrected chi connectivity index (χ2v) is 4.47. The van der Waals surface area contributed by atoms with Gasteiger partial charge in [-0.3, -0.25) is 9.59 Å². The average Bonchev–Trinajstić information content (AvgIpc) is 2.22. The van der Waals surface area contributed by atoms with E-state index in [4.69, 9.17) is 4.74 Å². The van der Waals surface area contributed by atoms with Gasteiger partial charge in [0, 0.05) is 12.0 Å². The van der Waals surface area contributed by atoms with Gasteiger partial charge >= 0.3 is 5.97 Å². The summed E-state index contributed by atoms with van der Waals surface area (Å²) in [6.07, 6.45) is 1.02. The van der Waals surface area contributed by atoms with Crippen molar-refractivity contribution in [3.8, 4) is 5.75 Å². The van der Waals surface area contributed by atoms with E-state index in [1.165, 1.54) is 0 Å². The number of hydrogen-bond acceptors (Lipinski definition) is 3. The van der Waals surface area contributed by atoms with Gasteiger partial charge < -0.3 is 4.74 Å². The highest BCUT2D eigenvalue weighted by atomic mass is 79.9. The minimum atomic E-state index is -0.324. The lowest BCUT2D eigenvalue weighted by molar-refractivity contribution is -0.134. The lowest BCUT2D eigenvalue weighted by Crippen LogP contribution is -2.06. The summed E-state index contributed by atoms with van der Waals surface area (Å²) in [4.78, 5) is 21.7. The molecule has 0 aliphatic heterocycles. The molecule has 0 fully saturated rings. The summed E-state index contributed by atoms with van der Waals surface area (Å²) in [5, 5.41) is 0. The van der Waals surface area contributed by atoms with Crippen molar-refractivity contribution in [1.29, 1.82) is 0 Å². The molecule has 0 aliphatic rings. The Hall–Kier alpha value is -0.680. The van der Waals surface area contributed by atoms with Crippen LogP contribution in [-0.4, -0.2) is 12.3 Å². The highest BCUT2D eigenvalue weighted by molar-refractivity contribution is 9.11. The molecule has 0 radical (unpaired) electrons. The lowest BCUT2D eigenvalue weighted by atomic mass is 10.2. The van der Waals surface area contributed by atoms with Gasteiger partial charge in [0.15, 0.2) is 5.75 Å². The standard InChI is InChI=1S/C10H8Br2O3/c1-2-9(14)15-10-7(11)3-6(5-13)4-8(10)12/h3-5H,2H2,1H3. The van der Waals surface area contributed by atoms with Crippen molar-refractivity contribution in [3.05, 3.63) is 26.6 Å². The molecule has 0 aliphatic carbocycles. The van der Waals surface area contributed by atoms with Gasteiger partial charge in [-0.05, 0) is 44.0 Å². The third-order valence-electron chi connectivity index (χ3n) is 1.66. The number of aldehydes is 1. The quantitative estimate of drug-likeness (QED) is 0.483. The minimum absolute atomic E-state index is 0.300. The number of halogens is 2. The normalized spacial score (nSPS) is 9.80. The Balaban J connectivity index is 3.08. The molecule has 1 aromatic carbocycles. The maximum atomic E-state index is 11.1. The van der Waals surface area contributed by atoms with E-state index in [9.17, 15) is 9.59 Å². The van der Waals surface area contributed by atoms with Crippen LogP contribution in [-0.2, 0) is 4.79 Å². The third-order valence-corrected chi connectivity index (χ3v) is 2.84. The lowest BCUT2D eigenvalue weighted by Gasteiger charge is -2.08. The van der Waals surface area contributed by atoms with Crippen molar-refractivity contribution in [2.75, 3.05) is 0 Å². The third kappa shape index (κ3) is 3.14. The number of esters is 1.